The lowest BCUT2D eigenvalue weighted by molar-refractivity contribution is 0.177. The molecule has 3 heteroatoms. The molecule has 3 nitrogen and oxygen atoms in total. The highest BCUT2D eigenvalue weighted by molar-refractivity contribution is 4.91. The zero-order valence-corrected chi connectivity index (χ0v) is 10.1. The van der Waals surface area contributed by atoms with Gasteiger partial charge in [0.15, 0.2) is 0 Å². The van der Waals surface area contributed by atoms with Crippen molar-refractivity contribution in [2.75, 3.05) is 20.6 Å². The van der Waals surface area contributed by atoms with Crippen molar-refractivity contribution in [2.45, 2.75) is 50.6 Å². The molecule has 0 aromatic heterocycles. The van der Waals surface area contributed by atoms with Crippen molar-refractivity contribution in [2.24, 2.45) is 5.92 Å². The van der Waals surface area contributed by atoms with Crippen molar-refractivity contribution in [1.82, 2.24) is 15.8 Å². The summed E-state index contributed by atoms with van der Waals surface area (Å²) in [5, 5.41) is 5.82. The van der Waals surface area contributed by atoms with Crippen molar-refractivity contribution < 1.29 is 0 Å². The van der Waals surface area contributed by atoms with E-state index in [1.54, 1.807) is 0 Å². The maximum Gasteiger partial charge on any atom is 0.0258 e. The van der Waals surface area contributed by atoms with Crippen molar-refractivity contribution >= 4 is 0 Å². The van der Waals surface area contributed by atoms with Crippen LogP contribution in [0.15, 0.2) is 0 Å². The van der Waals surface area contributed by atoms with Crippen LogP contribution in [0.4, 0.5) is 0 Å². The van der Waals surface area contributed by atoms with Crippen LogP contribution < -0.4 is 10.7 Å². The molecule has 3 atom stereocenters. The Bertz CT molecular complexity index is 187. The van der Waals surface area contributed by atoms with E-state index in [4.69, 9.17) is 0 Å². The van der Waals surface area contributed by atoms with E-state index in [-0.39, 0.29) is 0 Å². The van der Waals surface area contributed by atoms with Crippen molar-refractivity contribution in [3.63, 3.8) is 0 Å². The SMILES string of the molecule is CN(C)NC1CCCC1C1CCCCN1. The van der Waals surface area contributed by atoms with Crippen molar-refractivity contribution in [3.8, 4) is 0 Å². The molecule has 15 heavy (non-hydrogen) atoms. The van der Waals surface area contributed by atoms with Crippen LogP contribution >= 0.6 is 0 Å². The lowest BCUT2D eigenvalue weighted by Crippen LogP contribution is -2.49. The maximum absolute atomic E-state index is 3.71. The summed E-state index contributed by atoms with van der Waals surface area (Å²) in [4.78, 5) is 0. The number of rotatable bonds is 3. The molecule has 2 rings (SSSR count). The molecule has 0 aromatic rings. The van der Waals surface area contributed by atoms with Gasteiger partial charge in [0.1, 0.15) is 0 Å². The molecule has 1 aliphatic carbocycles. The molecular formula is C12H25N3. The second-order valence-electron chi connectivity index (χ2n) is 5.28. The van der Waals surface area contributed by atoms with Gasteiger partial charge < -0.3 is 5.32 Å². The molecule has 1 saturated heterocycles. The van der Waals surface area contributed by atoms with Gasteiger partial charge in [-0.1, -0.05) is 12.8 Å². The van der Waals surface area contributed by atoms with Gasteiger partial charge in [0.05, 0.1) is 0 Å². The van der Waals surface area contributed by atoms with Crippen LogP contribution in [-0.4, -0.2) is 37.7 Å². The second-order valence-corrected chi connectivity index (χ2v) is 5.28. The summed E-state index contributed by atoms with van der Waals surface area (Å²) in [7, 11) is 4.20. The van der Waals surface area contributed by atoms with Crippen LogP contribution in [0, 0.1) is 5.92 Å². The summed E-state index contributed by atoms with van der Waals surface area (Å²) < 4.78 is 0. The van der Waals surface area contributed by atoms with Gasteiger partial charge in [0, 0.05) is 26.2 Å². The molecule has 2 aliphatic rings. The van der Waals surface area contributed by atoms with Crippen LogP contribution in [0.2, 0.25) is 0 Å². The lowest BCUT2D eigenvalue weighted by Gasteiger charge is -2.34. The van der Waals surface area contributed by atoms with Crippen LogP contribution in [0.1, 0.15) is 38.5 Å². The number of hydrogen-bond donors (Lipinski definition) is 2. The molecule has 0 spiro atoms. The van der Waals surface area contributed by atoms with E-state index in [0.29, 0.717) is 6.04 Å². The molecular weight excluding hydrogens is 186 g/mol. The third-order valence-corrected chi connectivity index (χ3v) is 3.86. The molecule has 88 valence electrons. The Morgan fingerprint density at radius 2 is 1.93 bits per heavy atom. The van der Waals surface area contributed by atoms with E-state index in [1.165, 1.54) is 45.1 Å². The Hall–Kier alpha value is -0.120. The van der Waals surface area contributed by atoms with E-state index in [9.17, 15) is 0 Å². The summed E-state index contributed by atoms with van der Waals surface area (Å²) in [6.45, 7) is 1.23. The Kier molecular flexibility index (Phi) is 4.00. The highest BCUT2D eigenvalue weighted by Gasteiger charge is 2.34. The van der Waals surface area contributed by atoms with Gasteiger partial charge in [-0.3, -0.25) is 10.4 Å². The molecule has 0 radical (unpaired) electrons. The van der Waals surface area contributed by atoms with E-state index in [2.05, 4.69) is 29.8 Å². The fourth-order valence-corrected chi connectivity index (χ4v) is 3.21. The molecule has 2 fully saturated rings. The van der Waals surface area contributed by atoms with Gasteiger partial charge in [-0.2, -0.15) is 0 Å². The number of hydrogen-bond acceptors (Lipinski definition) is 3. The minimum atomic E-state index is 0.704. The van der Waals surface area contributed by atoms with Gasteiger partial charge in [-0.15, -0.1) is 0 Å². The zero-order valence-electron chi connectivity index (χ0n) is 10.1. The van der Waals surface area contributed by atoms with E-state index >= 15 is 0 Å². The average molecular weight is 211 g/mol. The fourth-order valence-electron chi connectivity index (χ4n) is 3.21. The lowest BCUT2D eigenvalue weighted by atomic mass is 9.88. The summed E-state index contributed by atoms with van der Waals surface area (Å²) in [5.41, 5.74) is 3.58. The van der Waals surface area contributed by atoms with Gasteiger partial charge in [-0.05, 0) is 38.1 Å². The summed E-state index contributed by atoms with van der Waals surface area (Å²) >= 11 is 0. The van der Waals surface area contributed by atoms with Crippen LogP contribution in [0.5, 0.6) is 0 Å². The Morgan fingerprint density at radius 3 is 2.60 bits per heavy atom. The second kappa shape index (κ2) is 5.28. The molecule has 3 unspecified atom stereocenters. The fraction of sp³-hybridized carbons (Fsp3) is 1.00. The van der Waals surface area contributed by atoms with Gasteiger partial charge in [-0.25, -0.2) is 0 Å². The monoisotopic (exact) mass is 211 g/mol. The first kappa shape index (κ1) is 11.4. The molecule has 0 aromatic carbocycles. The summed E-state index contributed by atoms with van der Waals surface area (Å²) in [6, 6.07) is 1.48. The van der Waals surface area contributed by atoms with Gasteiger partial charge in [0.2, 0.25) is 0 Å². The number of nitrogens with zero attached hydrogens (tertiary/aromatic N) is 1. The summed E-state index contributed by atoms with van der Waals surface area (Å²) in [5.74, 6) is 0.854. The average Bonchev–Trinajstić information content (AvgIpc) is 2.66. The maximum atomic E-state index is 3.71. The van der Waals surface area contributed by atoms with Crippen LogP contribution in [-0.2, 0) is 0 Å². The summed E-state index contributed by atoms with van der Waals surface area (Å²) in [6.07, 6.45) is 8.33. The zero-order chi connectivity index (χ0) is 10.7. The van der Waals surface area contributed by atoms with Crippen molar-refractivity contribution in [3.05, 3.63) is 0 Å². The highest BCUT2D eigenvalue weighted by atomic mass is 15.5. The van der Waals surface area contributed by atoms with Crippen LogP contribution in [0.25, 0.3) is 0 Å². The normalized spacial score (nSPS) is 37.4. The molecule has 1 heterocycles. The largest absolute Gasteiger partial charge is 0.314 e. The number of piperidine rings is 1. The predicted octanol–water partition coefficient (Wildman–Crippen LogP) is 1.36. The van der Waals surface area contributed by atoms with Gasteiger partial charge in [0.25, 0.3) is 0 Å². The minimum Gasteiger partial charge on any atom is -0.314 e. The Labute approximate surface area is 93.6 Å². The van der Waals surface area contributed by atoms with E-state index in [0.717, 1.165) is 12.0 Å². The van der Waals surface area contributed by atoms with Crippen molar-refractivity contribution in [1.29, 1.82) is 0 Å². The minimum absolute atomic E-state index is 0.704. The smallest absolute Gasteiger partial charge is 0.0258 e. The third kappa shape index (κ3) is 2.92. The first-order valence-electron chi connectivity index (χ1n) is 6.44. The molecule has 0 amide bonds. The molecule has 1 aliphatic heterocycles. The first-order valence-corrected chi connectivity index (χ1v) is 6.44. The number of hydrazine groups is 1. The van der Waals surface area contributed by atoms with Gasteiger partial charge >= 0.3 is 0 Å². The van der Waals surface area contributed by atoms with E-state index in [1.807, 2.05) is 0 Å². The number of nitrogens with one attached hydrogen (secondary N) is 2. The standard InChI is InChI=1S/C12H25N3/c1-15(2)14-12-8-5-6-10(12)11-7-3-4-9-13-11/h10-14H,3-9H2,1-2H3. The molecule has 0 bridgehead atoms. The third-order valence-electron chi connectivity index (χ3n) is 3.86. The predicted molar refractivity (Wildman–Crippen MR) is 63.6 cm³/mol. The highest BCUT2D eigenvalue weighted by Crippen LogP contribution is 2.31. The topological polar surface area (TPSA) is 27.3 Å². The Balaban J connectivity index is 1.88. The molecule has 2 N–H and O–H groups in total. The Morgan fingerprint density at radius 1 is 1.07 bits per heavy atom. The first-order chi connectivity index (χ1) is 7.27. The van der Waals surface area contributed by atoms with Crippen LogP contribution in [0.3, 0.4) is 0 Å². The molecule has 1 saturated carbocycles. The van der Waals surface area contributed by atoms with E-state index < -0.39 is 0 Å². The quantitative estimate of drug-likeness (QED) is 0.690.